The summed E-state index contributed by atoms with van der Waals surface area (Å²) < 4.78 is 16.7. The number of carbonyl (C=O) groups excluding carboxylic acids is 1. The average molecular weight is 402 g/mol. The predicted octanol–water partition coefficient (Wildman–Crippen LogP) is 4.55. The lowest BCUT2D eigenvalue weighted by atomic mass is 10.2. The van der Waals surface area contributed by atoms with Crippen molar-refractivity contribution in [1.82, 2.24) is 4.98 Å². The predicted molar refractivity (Wildman–Crippen MR) is 112 cm³/mol. The highest BCUT2D eigenvalue weighted by molar-refractivity contribution is 6.04. The summed E-state index contributed by atoms with van der Waals surface area (Å²) in [7, 11) is 1.55. The Morgan fingerprint density at radius 2 is 1.83 bits per heavy atom. The van der Waals surface area contributed by atoms with Gasteiger partial charge in [0.15, 0.2) is 0 Å². The molecule has 7 heteroatoms. The molecule has 2 heterocycles. The monoisotopic (exact) mass is 402 g/mol. The number of hydrogen-bond acceptors (Lipinski definition) is 6. The molecule has 0 unspecified atom stereocenters. The number of rotatable bonds is 5. The maximum atomic E-state index is 12.8. The number of nitrogens with one attached hydrogen (secondary N) is 1. The fourth-order valence-corrected chi connectivity index (χ4v) is 2.95. The zero-order valence-corrected chi connectivity index (χ0v) is 16.3. The van der Waals surface area contributed by atoms with Crippen LogP contribution in [0.2, 0.25) is 0 Å². The summed E-state index contributed by atoms with van der Waals surface area (Å²) in [5.41, 5.74) is 1.19. The van der Waals surface area contributed by atoms with Gasteiger partial charge in [0.25, 0.3) is 5.91 Å². The van der Waals surface area contributed by atoms with E-state index in [1.165, 1.54) is 0 Å². The van der Waals surface area contributed by atoms with Crippen molar-refractivity contribution < 1.29 is 18.7 Å². The zero-order chi connectivity index (χ0) is 21.1. The first-order valence-electron chi connectivity index (χ1n) is 9.16. The van der Waals surface area contributed by atoms with Crippen LogP contribution in [0.25, 0.3) is 11.0 Å². The molecule has 0 aliphatic carbocycles. The molecule has 0 atom stereocenters. The Morgan fingerprint density at radius 3 is 2.53 bits per heavy atom. The molecule has 7 nitrogen and oxygen atoms in total. The van der Waals surface area contributed by atoms with Gasteiger partial charge in [-0.25, -0.2) is 0 Å². The Labute approximate surface area is 171 Å². The minimum Gasteiger partial charge on any atom is -0.497 e. The van der Waals surface area contributed by atoms with Crippen molar-refractivity contribution in [2.24, 2.45) is 0 Å². The highest BCUT2D eigenvalue weighted by atomic mass is 16.5. The molecule has 0 saturated heterocycles. The number of pyridine rings is 1. The van der Waals surface area contributed by atoms with Crippen molar-refractivity contribution in [1.29, 1.82) is 0 Å². The van der Waals surface area contributed by atoms with E-state index in [0.717, 1.165) is 0 Å². The Bertz CT molecular complexity index is 1260. The minimum absolute atomic E-state index is 0.0974. The van der Waals surface area contributed by atoms with E-state index in [4.69, 9.17) is 13.9 Å². The van der Waals surface area contributed by atoms with Crippen LogP contribution in [-0.4, -0.2) is 18.0 Å². The molecule has 0 radical (unpaired) electrons. The van der Waals surface area contributed by atoms with Crippen LogP contribution >= 0.6 is 0 Å². The second-order valence-electron chi connectivity index (χ2n) is 6.50. The van der Waals surface area contributed by atoms with Crippen molar-refractivity contribution >= 4 is 22.6 Å². The van der Waals surface area contributed by atoms with E-state index < -0.39 is 0 Å². The van der Waals surface area contributed by atoms with Gasteiger partial charge in [0.05, 0.1) is 24.4 Å². The van der Waals surface area contributed by atoms with Crippen molar-refractivity contribution in [3.8, 4) is 17.2 Å². The van der Waals surface area contributed by atoms with Crippen LogP contribution in [0.15, 0.2) is 76.2 Å². The van der Waals surface area contributed by atoms with E-state index in [2.05, 4.69) is 10.3 Å². The van der Waals surface area contributed by atoms with Gasteiger partial charge >= 0.3 is 0 Å². The van der Waals surface area contributed by atoms with Gasteiger partial charge in [-0.05, 0) is 55.5 Å². The van der Waals surface area contributed by atoms with Gasteiger partial charge in [-0.1, -0.05) is 0 Å². The highest BCUT2D eigenvalue weighted by Crippen LogP contribution is 2.27. The lowest BCUT2D eigenvalue weighted by Crippen LogP contribution is -2.12. The van der Waals surface area contributed by atoms with Crippen LogP contribution in [0.3, 0.4) is 0 Å². The molecule has 30 heavy (non-hydrogen) atoms. The molecule has 2 aromatic heterocycles. The van der Waals surface area contributed by atoms with Crippen LogP contribution in [0.4, 0.5) is 5.69 Å². The van der Waals surface area contributed by atoms with E-state index in [1.54, 1.807) is 81.0 Å². The first kappa shape index (κ1) is 19.2. The molecule has 0 spiro atoms. The quantitative estimate of drug-likeness (QED) is 0.527. The van der Waals surface area contributed by atoms with Crippen molar-refractivity contribution in [3.05, 3.63) is 88.5 Å². The Hall–Kier alpha value is -4.13. The van der Waals surface area contributed by atoms with Gasteiger partial charge < -0.3 is 19.2 Å². The number of aryl methyl sites for hydroxylation is 1. The number of methoxy groups -OCH3 is 1. The summed E-state index contributed by atoms with van der Waals surface area (Å²) in [6.45, 7) is 1.66. The largest absolute Gasteiger partial charge is 0.497 e. The SMILES string of the molecule is COc1ccc2c(=O)c(Oc3ccc(C(=O)Nc4cccnc4)cc3)c(C)oc2c1. The maximum absolute atomic E-state index is 12.8. The lowest BCUT2D eigenvalue weighted by Gasteiger charge is -2.10. The van der Waals surface area contributed by atoms with Gasteiger partial charge in [0.2, 0.25) is 11.2 Å². The molecule has 4 rings (SSSR count). The van der Waals surface area contributed by atoms with E-state index in [9.17, 15) is 9.59 Å². The first-order valence-corrected chi connectivity index (χ1v) is 9.16. The number of benzene rings is 2. The van der Waals surface area contributed by atoms with Gasteiger partial charge in [0.1, 0.15) is 22.8 Å². The number of anilines is 1. The second-order valence-corrected chi connectivity index (χ2v) is 6.50. The third-order valence-corrected chi connectivity index (χ3v) is 4.48. The number of amides is 1. The molecule has 2 aromatic carbocycles. The van der Waals surface area contributed by atoms with Gasteiger partial charge in [0, 0.05) is 17.8 Å². The first-order chi connectivity index (χ1) is 14.5. The molecule has 150 valence electrons. The Balaban J connectivity index is 1.56. The second kappa shape index (κ2) is 8.08. The van der Waals surface area contributed by atoms with Crippen LogP contribution < -0.4 is 20.2 Å². The number of aromatic nitrogens is 1. The van der Waals surface area contributed by atoms with Gasteiger partial charge in [-0.2, -0.15) is 0 Å². The fourth-order valence-electron chi connectivity index (χ4n) is 2.95. The van der Waals surface area contributed by atoms with E-state index in [1.807, 2.05) is 0 Å². The topological polar surface area (TPSA) is 90.7 Å². The molecule has 0 fully saturated rings. The van der Waals surface area contributed by atoms with Crippen molar-refractivity contribution in [2.75, 3.05) is 12.4 Å². The normalized spacial score (nSPS) is 10.6. The molecule has 1 amide bonds. The number of carbonyl (C=O) groups is 1. The molecular weight excluding hydrogens is 384 g/mol. The molecule has 0 saturated carbocycles. The van der Waals surface area contributed by atoms with Crippen LogP contribution in [0, 0.1) is 6.92 Å². The molecule has 1 N–H and O–H groups in total. The molecule has 4 aromatic rings. The summed E-state index contributed by atoms with van der Waals surface area (Å²) >= 11 is 0. The highest BCUT2D eigenvalue weighted by Gasteiger charge is 2.15. The Kier molecular flexibility index (Phi) is 5.17. The fraction of sp³-hybridized carbons (Fsp3) is 0.0870. The number of nitrogens with zero attached hydrogens (tertiary/aromatic N) is 1. The summed E-state index contributed by atoms with van der Waals surface area (Å²) in [6.07, 6.45) is 3.19. The summed E-state index contributed by atoms with van der Waals surface area (Å²) in [5.74, 6) is 1.18. The van der Waals surface area contributed by atoms with E-state index in [0.29, 0.717) is 39.5 Å². The number of hydrogen-bond donors (Lipinski definition) is 1. The minimum atomic E-state index is -0.283. The van der Waals surface area contributed by atoms with Crippen LogP contribution in [-0.2, 0) is 0 Å². The van der Waals surface area contributed by atoms with E-state index in [-0.39, 0.29) is 17.1 Å². The summed E-state index contributed by atoms with van der Waals surface area (Å²) in [5, 5.41) is 3.15. The smallest absolute Gasteiger partial charge is 0.255 e. The molecule has 0 bridgehead atoms. The number of fused-ring (bicyclic) bond motifs is 1. The number of ether oxygens (including phenoxy) is 2. The average Bonchev–Trinajstić information content (AvgIpc) is 2.77. The third-order valence-electron chi connectivity index (χ3n) is 4.48. The van der Waals surface area contributed by atoms with Crippen molar-refractivity contribution in [3.63, 3.8) is 0 Å². The molecule has 0 aliphatic heterocycles. The standard InChI is InChI=1S/C23H18N2O5/c1-14-22(21(26)19-10-9-18(28-2)12-20(19)29-14)30-17-7-5-15(6-8-17)23(27)25-16-4-3-11-24-13-16/h3-13H,1-2H3,(H,25,27). The lowest BCUT2D eigenvalue weighted by molar-refractivity contribution is 0.102. The van der Waals surface area contributed by atoms with Gasteiger partial charge in [-0.3, -0.25) is 14.6 Å². The Morgan fingerprint density at radius 1 is 1.07 bits per heavy atom. The van der Waals surface area contributed by atoms with E-state index >= 15 is 0 Å². The van der Waals surface area contributed by atoms with Crippen molar-refractivity contribution in [2.45, 2.75) is 6.92 Å². The van der Waals surface area contributed by atoms with Crippen LogP contribution in [0.1, 0.15) is 16.1 Å². The molecule has 0 aliphatic rings. The zero-order valence-electron chi connectivity index (χ0n) is 16.3. The van der Waals surface area contributed by atoms with Crippen LogP contribution in [0.5, 0.6) is 17.2 Å². The summed E-state index contributed by atoms with van der Waals surface area (Å²) in [6, 6.07) is 14.9. The maximum Gasteiger partial charge on any atom is 0.255 e. The van der Waals surface area contributed by atoms with Gasteiger partial charge in [-0.15, -0.1) is 0 Å². The molecular formula is C23H18N2O5. The third kappa shape index (κ3) is 3.86. The summed E-state index contributed by atoms with van der Waals surface area (Å²) in [4.78, 5) is 29.1.